The topological polar surface area (TPSA) is 86.8 Å². The second-order valence-corrected chi connectivity index (χ2v) is 12.7. The Hall–Kier alpha value is -3.65. The Morgan fingerprint density at radius 2 is 1.46 bits per heavy atom. The minimum absolute atomic E-state index is 0.0545. The molecule has 2 amide bonds. The van der Waals surface area contributed by atoms with Crippen molar-refractivity contribution in [1.82, 2.24) is 10.2 Å². The number of rotatable bonds is 12. The van der Waals surface area contributed by atoms with Gasteiger partial charge in [0.1, 0.15) is 12.6 Å². The summed E-state index contributed by atoms with van der Waals surface area (Å²) in [7, 11) is -4.10. The van der Waals surface area contributed by atoms with Crippen LogP contribution in [0.3, 0.4) is 0 Å². The summed E-state index contributed by atoms with van der Waals surface area (Å²) in [5.41, 5.74) is 4.98. The third kappa shape index (κ3) is 7.97. The van der Waals surface area contributed by atoms with Crippen molar-refractivity contribution in [3.63, 3.8) is 0 Å². The third-order valence-electron chi connectivity index (χ3n) is 7.33. The fourth-order valence-electron chi connectivity index (χ4n) is 4.80. The Morgan fingerprint density at radius 1 is 0.829 bits per heavy atom. The summed E-state index contributed by atoms with van der Waals surface area (Å²) in [6.07, 6.45) is 1.14. The van der Waals surface area contributed by atoms with Crippen LogP contribution in [-0.4, -0.2) is 43.8 Å². The molecule has 0 fully saturated rings. The van der Waals surface area contributed by atoms with Crippen LogP contribution in [-0.2, 0) is 26.2 Å². The molecule has 41 heavy (non-hydrogen) atoms. The van der Waals surface area contributed by atoms with E-state index in [-0.39, 0.29) is 23.4 Å². The minimum atomic E-state index is -4.10. The zero-order valence-corrected chi connectivity index (χ0v) is 26.1. The standard InChI is InChI=1S/C33H43N3O4S/c1-8-27(7)34-33(38)30(9-2)35(21-28-12-10-11-24(4)20-28)32(37)22-36(31-18-15-25(5)19-26(31)6)41(39,40)29-16-13-23(3)14-17-29/h10-20,27,30H,8-9,21-22H2,1-7H3,(H,34,38)/t27-,30+/m1/s1. The molecule has 0 unspecified atom stereocenters. The van der Waals surface area contributed by atoms with E-state index >= 15 is 0 Å². The van der Waals surface area contributed by atoms with Crippen LogP contribution in [0.4, 0.5) is 5.69 Å². The van der Waals surface area contributed by atoms with Crippen LogP contribution < -0.4 is 9.62 Å². The normalized spacial score (nSPS) is 12.9. The molecule has 0 aliphatic carbocycles. The average molecular weight is 578 g/mol. The Kier molecular flexibility index (Phi) is 10.7. The first-order chi connectivity index (χ1) is 19.4. The number of nitrogens with one attached hydrogen (secondary N) is 1. The molecule has 0 spiro atoms. The van der Waals surface area contributed by atoms with Crippen molar-refractivity contribution >= 4 is 27.5 Å². The lowest BCUT2D eigenvalue weighted by atomic mass is 10.1. The summed E-state index contributed by atoms with van der Waals surface area (Å²) in [6.45, 7) is 13.1. The van der Waals surface area contributed by atoms with E-state index in [2.05, 4.69) is 5.32 Å². The van der Waals surface area contributed by atoms with Gasteiger partial charge in [-0.3, -0.25) is 13.9 Å². The second-order valence-electron chi connectivity index (χ2n) is 10.9. The molecular weight excluding hydrogens is 534 g/mol. The molecule has 3 rings (SSSR count). The molecule has 0 aliphatic heterocycles. The van der Waals surface area contributed by atoms with Gasteiger partial charge in [0.2, 0.25) is 11.8 Å². The molecule has 8 heteroatoms. The molecule has 0 radical (unpaired) electrons. The Bertz CT molecular complexity index is 1470. The number of hydrogen-bond acceptors (Lipinski definition) is 4. The van der Waals surface area contributed by atoms with E-state index in [1.165, 1.54) is 9.21 Å². The van der Waals surface area contributed by atoms with E-state index in [1.807, 2.05) is 84.9 Å². The van der Waals surface area contributed by atoms with E-state index in [0.29, 0.717) is 12.1 Å². The predicted octanol–water partition coefficient (Wildman–Crippen LogP) is 5.84. The summed E-state index contributed by atoms with van der Waals surface area (Å²) in [5, 5.41) is 3.01. The van der Waals surface area contributed by atoms with Crippen LogP contribution in [0, 0.1) is 27.7 Å². The molecule has 3 aromatic carbocycles. The van der Waals surface area contributed by atoms with Crippen molar-refractivity contribution in [2.24, 2.45) is 0 Å². The maximum absolute atomic E-state index is 14.2. The molecule has 1 N–H and O–H groups in total. The summed E-state index contributed by atoms with van der Waals surface area (Å²) >= 11 is 0. The Balaban J connectivity index is 2.10. The highest BCUT2D eigenvalue weighted by Gasteiger charge is 2.34. The largest absolute Gasteiger partial charge is 0.352 e. The molecule has 0 bridgehead atoms. The van der Waals surface area contributed by atoms with E-state index in [9.17, 15) is 18.0 Å². The molecule has 3 aromatic rings. The summed E-state index contributed by atoms with van der Waals surface area (Å²) < 4.78 is 29.3. The van der Waals surface area contributed by atoms with Crippen molar-refractivity contribution in [3.05, 3.63) is 94.5 Å². The molecule has 7 nitrogen and oxygen atoms in total. The Labute approximate surface area is 245 Å². The van der Waals surface area contributed by atoms with Crippen molar-refractivity contribution in [1.29, 1.82) is 0 Å². The van der Waals surface area contributed by atoms with Crippen LogP contribution in [0.2, 0.25) is 0 Å². The fourth-order valence-corrected chi connectivity index (χ4v) is 6.28. The quantitative estimate of drug-likeness (QED) is 0.293. The number of hydrogen-bond donors (Lipinski definition) is 1. The van der Waals surface area contributed by atoms with Crippen molar-refractivity contribution in [2.75, 3.05) is 10.8 Å². The number of anilines is 1. The van der Waals surface area contributed by atoms with E-state index in [1.54, 1.807) is 30.3 Å². The lowest BCUT2D eigenvalue weighted by molar-refractivity contribution is -0.140. The van der Waals surface area contributed by atoms with E-state index < -0.39 is 28.5 Å². The number of carbonyl (C=O) groups excluding carboxylic acids is 2. The van der Waals surface area contributed by atoms with Crippen molar-refractivity contribution in [2.45, 2.75) is 84.8 Å². The number of amides is 2. The second kappa shape index (κ2) is 13.8. The Morgan fingerprint density at radius 3 is 2.05 bits per heavy atom. The lowest BCUT2D eigenvalue weighted by Gasteiger charge is -2.34. The van der Waals surface area contributed by atoms with Gasteiger partial charge in [-0.2, -0.15) is 0 Å². The maximum atomic E-state index is 14.2. The van der Waals surface area contributed by atoms with Gasteiger partial charge in [0.05, 0.1) is 10.6 Å². The van der Waals surface area contributed by atoms with Gasteiger partial charge in [-0.05, 0) is 76.8 Å². The zero-order chi connectivity index (χ0) is 30.3. The van der Waals surface area contributed by atoms with Crippen LogP contribution in [0.25, 0.3) is 0 Å². The summed E-state index contributed by atoms with van der Waals surface area (Å²) in [5.74, 6) is -0.698. The number of nitrogens with zero attached hydrogens (tertiary/aromatic N) is 2. The number of aryl methyl sites for hydroxylation is 4. The van der Waals surface area contributed by atoms with Crippen LogP contribution in [0.1, 0.15) is 61.4 Å². The fraction of sp³-hybridized carbons (Fsp3) is 0.394. The van der Waals surface area contributed by atoms with Crippen molar-refractivity contribution in [3.8, 4) is 0 Å². The summed E-state index contributed by atoms with van der Waals surface area (Å²) in [4.78, 5) is 29.3. The first-order valence-corrected chi connectivity index (χ1v) is 15.6. The van der Waals surface area contributed by atoms with Gasteiger partial charge in [0, 0.05) is 12.6 Å². The maximum Gasteiger partial charge on any atom is 0.264 e. The van der Waals surface area contributed by atoms with Gasteiger partial charge in [-0.15, -0.1) is 0 Å². The van der Waals surface area contributed by atoms with Gasteiger partial charge < -0.3 is 10.2 Å². The SMILES string of the molecule is CC[C@@H](C)NC(=O)[C@H](CC)N(Cc1cccc(C)c1)C(=O)CN(c1ccc(C)cc1C)S(=O)(=O)c1ccc(C)cc1. The third-order valence-corrected chi connectivity index (χ3v) is 9.11. The first-order valence-electron chi connectivity index (χ1n) is 14.2. The molecule has 220 valence electrons. The molecule has 0 saturated heterocycles. The molecule has 2 atom stereocenters. The molecule has 0 aliphatic rings. The van der Waals surface area contributed by atoms with Gasteiger partial charge in [0.15, 0.2) is 0 Å². The molecule has 0 aromatic heterocycles. The lowest BCUT2D eigenvalue weighted by Crippen LogP contribution is -2.53. The monoisotopic (exact) mass is 577 g/mol. The number of benzene rings is 3. The van der Waals surface area contributed by atoms with Crippen LogP contribution >= 0.6 is 0 Å². The number of sulfonamides is 1. The molecule has 0 saturated carbocycles. The van der Waals surface area contributed by atoms with Crippen LogP contribution in [0.5, 0.6) is 0 Å². The molecule has 0 heterocycles. The highest BCUT2D eigenvalue weighted by molar-refractivity contribution is 7.92. The average Bonchev–Trinajstić information content (AvgIpc) is 2.92. The smallest absolute Gasteiger partial charge is 0.264 e. The predicted molar refractivity (Wildman–Crippen MR) is 165 cm³/mol. The van der Waals surface area contributed by atoms with E-state index in [4.69, 9.17) is 0 Å². The first kappa shape index (κ1) is 31.9. The number of carbonyl (C=O) groups is 2. The summed E-state index contributed by atoms with van der Waals surface area (Å²) in [6, 6.07) is 19.0. The zero-order valence-electron chi connectivity index (χ0n) is 25.3. The van der Waals surface area contributed by atoms with Crippen molar-refractivity contribution < 1.29 is 18.0 Å². The molecular formula is C33H43N3O4S. The highest BCUT2D eigenvalue weighted by Crippen LogP contribution is 2.28. The van der Waals surface area contributed by atoms with Gasteiger partial charge in [-0.25, -0.2) is 8.42 Å². The minimum Gasteiger partial charge on any atom is -0.352 e. The van der Waals surface area contributed by atoms with Gasteiger partial charge in [0.25, 0.3) is 10.0 Å². The van der Waals surface area contributed by atoms with Crippen LogP contribution in [0.15, 0.2) is 71.6 Å². The van der Waals surface area contributed by atoms with Gasteiger partial charge >= 0.3 is 0 Å². The van der Waals surface area contributed by atoms with E-state index in [0.717, 1.165) is 34.2 Å². The highest BCUT2D eigenvalue weighted by atomic mass is 32.2. The van der Waals surface area contributed by atoms with Gasteiger partial charge in [-0.1, -0.05) is 79.1 Å².